The molecule has 0 amide bonds. The normalized spacial score (nSPS) is 16.5. The Morgan fingerprint density at radius 1 is 1.33 bits per heavy atom. The minimum atomic E-state index is -0.151. The summed E-state index contributed by atoms with van der Waals surface area (Å²) in [7, 11) is 0. The first-order valence-corrected chi connectivity index (χ1v) is 6.93. The van der Waals surface area contributed by atoms with Gasteiger partial charge in [0.25, 0.3) is 0 Å². The monoisotopic (exact) mass is 334 g/mol. The average molecular weight is 335 g/mol. The van der Waals surface area contributed by atoms with Crippen LogP contribution < -0.4 is 5.32 Å². The molecule has 21 heavy (non-hydrogen) atoms. The molecule has 1 aromatic rings. The van der Waals surface area contributed by atoms with Crippen molar-refractivity contribution in [2.75, 3.05) is 26.2 Å². The van der Waals surface area contributed by atoms with E-state index in [0.717, 1.165) is 49.3 Å². The molecular weight excluding hydrogens is 310 g/mol. The van der Waals surface area contributed by atoms with Crippen LogP contribution in [0.5, 0.6) is 0 Å². The second kappa shape index (κ2) is 9.42. The van der Waals surface area contributed by atoms with E-state index in [9.17, 15) is 4.39 Å². The van der Waals surface area contributed by atoms with E-state index in [0.29, 0.717) is 0 Å². The van der Waals surface area contributed by atoms with Gasteiger partial charge < -0.3 is 5.32 Å². The number of piperazine rings is 1. The zero-order valence-electron chi connectivity index (χ0n) is 12.7. The van der Waals surface area contributed by atoms with Crippen LogP contribution in [-0.4, -0.2) is 31.1 Å². The predicted octanol–water partition coefficient (Wildman–Crippen LogP) is 3.89. The lowest BCUT2D eigenvalue weighted by atomic mass is 9.94. The molecule has 0 radical (unpaired) electrons. The fourth-order valence-electron chi connectivity index (χ4n) is 2.73. The molecule has 1 saturated heterocycles. The number of halogens is 3. The summed E-state index contributed by atoms with van der Waals surface area (Å²) < 4.78 is 13.6. The van der Waals surface area contributed by atoms with Crippen molar-refractivity contribution in [2.24, 2.45) is 0 Å². The molecule has 1 aromatic carbocycles. The summed E-state index contributed by atoms with van der Waals surface area (Å²) in [6, 6.07) is 5.34. The van der Waals surface area contributed by atoms with Crippen LogP contribution in [0.15, 0.2) is 30.4 Å². The number of aryl methyl sites for hydroxylation is 1. The maximum atomic E-state index is 13.6. The zero-order chi connectivity index (χ0) is 13.8. The maximum absolute atomic E-state index is 13.6. The van der Waals surface area contributed by atoms with Crippen LogP contribution in [-0.2, 0) is 0 Å². The third-order valence-electron chi connectivity index (χ3n) is 3.73. The highest BCUT2D eigenvalue weighted by atomic mass is 35.5. The van der Waals surface area contributed by atoms with Crippen molar-refractivity contribution in [3.05, 3.63) is 47.3 Å². The van der Waals surface area contributed by atoms with E-state index in [4.69, 9.17) is 0 Å². The molecule has 0 saturated carbocycles. The van der Waals surface area contributed by atoms with Gasteiger partial charge in [-0.3, -0.25) is 4.90 Å². The van der Waals surface area contributed by atoms with E-state index in [-0.39, 0.29) is 36.7 Å². The number of benzene rings is 1. The summed E-state index contributed by atoms with van der Waals surface area (Å²) >= 11 is 0. The van der Waals surface area contributed by atoms with Gasteiger partial charge in [-0.1, -0.05) is 11.6 Å². The molecule has 0 bridgehead atoms. The van der Waals surface area contributed by atoms with Gasteiger partial charge in [0.15, 0.2) is 0 Å². The predicted molar refractivity (Wildman–Crippen MR) is 92.2 cm³/mol. The van der Waals surface area contributed by atoms with Crippen LogP contribution in [0.2, 0.25) is 0 Å². The van der Waals surface area contributed by atoms with Gasteiger partial charge in [0.2, 0.25) is 0 Å². The van der Waals surface area contributed by atoms with Gasteiger partial charge in [-0.05, 0) is 43.5 Å². The van der Waals surface area contributed by atoms with Crippen molar-refractivity contribution < 1.29 is 4.39 Å². The maximum Gasteiger partial charge on any atom is 0.123 e. The van der Waals surface area contributed by atoms with Gasteiger partial charge in [-0.25, -0.2) is 4.39 Å². The van der Waals surface area contributed by atoms with Crippen LogP contribution in [0, 0.1) is 12.7 Å². The summed E-state index contributed by atoms with van der Waals surface area (Å²) in [6.07, 6.45) is 0.893. The van der Waals surface area contributed by atoms with Crippen molar-refractivity contribution in [3.8, 4) is 0 Å². The molecule has 0 spiro atoms. The van der Waals surface area contributed by atoms with Crippen LogP contribution in [0.1, 0.15) is 30.5 Å². The van der Waals surface area contributed by atoms with E-state index < -0.39 is 0 Å². The van der Waals surface area contributed by atoms with Crippen molar-refractivity contribution in [3.63, 3.8) is 0 Å². The van der Waals surface area contributed by atoms with Crippen molar-refractivity contribution in [1.82, 2.24) is 10.2 Å². The van der Waals surface area contributed by atoms with Crippen molar-refractivity contribution in [1.29, 1.82) is 0 Å². The number of hydrogen-bond acceptors (Lipinski definition) is 2. The van der Waals surface area contributed by atoms with Crippen LogP contribution in [0.25, 0.3) is 0 Å². The van der Waals surface area contributed by atoms with Crippen LogP contribution in [0.3, 0.4) is 0 Å². The largest absolute Gasteiger partial charge is 0.314 e. The second-order valence-electron chi connectivity index (χ2n) is 5.46. The number of nitrogens with one attached hydrogen (secondary N) is 1. The minimum absolute atomic E-state index is 0. The highest BCUT2D eigenvalue weighted by molar-refractivity contribution is 5.85. The lowest BCUT2D eigenvalue weighted by Gasteiger charge is -2.36. The van der Waals surface area contributed by atoms with Gasteiger partial charge >= 0.3 is 0 Å². The first kappa shape index (κ1) is 20.4. The molecule has 2 rings (SSSR count). The fourth-order valence-corrected chi connectivity index (χ4v) is 2.73. The molecule has 2 nitrogen and oxygen atoms in total. The summed E-state index contributed by atoms with van der Waals surface area (Å²) in [4.78, 5) is 2.44. The molecule has 1 aliphatic rings. The highest BCUT2D eigenvalue weighted by Gasteiger charge is 2.23. The molecule has 120 valence electrons. The molecule has 5 heteroatoms. The fraction of sp³-hybridized carbons (Fsp3) is 0.500. The average Bonchev–Trinajstić information content (AvgIpc) is 2.40. The van der Waals surface area contributed by atoms with Crippen LogP contribution >= 0.6 is 24.8 Å². The first-order valence-electron chi connectivity index (χ1n) is 6.93. The van der Waals surface area contributed by atoms with Gasteiger partial charge in [0.05, 0.1) is 0 Å². The molecule has 1 N–H and O–H groups in total. The Kier molecular flexibility index (Phi) is 9.14. The Balaban J connectivity index is 0.00000200. The first-order chi connectivity index (χ1) is 9.08. The standard InChI is InChI=1S/C16H23FN2.2ClH/c1-12(2)10-16(19-8-6-18-7-9-19)15-11-14(17)5-4-13(15)3;;/h4-5,11,16,18H,1,6-10H2,2-3H3;2*1H/t16-;;/m1../s1. The van der Waals surface area contributed by atoms with E-state index in [1.54, 1.807) is 6.07 Å². The Morgan fingerprint density at radius 2 is 1.95 bits per heavy atom. The molecule has 1 atom stereocenters. The summed E-state index contributed by atoms with van der Waals surface area (Å²) in [5.74, 6) is -0.151. The quantitative estimate of drug-likeness (QED) is 0.840. The summed E-state index contributed by atoms with van der Waals surface area (Å²) in [5, 5.41) is 3.36. The van der Waals surface area contributed by atoms with E-state index in [2.05, 4.69) is 23.7 Å². The Morgan fingerprint density at radius 3 is 2.52 bits per heavy atom. The molecule has 0 aromatic heterocycles. The van der Waals surface area contributed by atoms with Crippen LogP contribution in [0.4, 0.5) is 4.39 Å². The summed E-state index contributed by atoms with van der Waals surface area (Å²) in [6.45, 7) is 12.2. The topological polar surface area (TPSA) is 15.3 Å². The van der Waals surface area contributed by atoms with E-state index in [1.165, 1.54) is 6.07 Å². The number of nitrogens with zero attached hydrogens (tertiary/aromatic N) is 1. The third kappa shape index (κ3) is 5.59. The Bertz CT molecular complexity index is 460. The lowest BCUT2D eigenvalue weighted by molar-refractivity contribution is 0.171. The van der Waals surface area contributed by atoms with Gasteiger partial charge in [-0.2, -0.15) is 0 Å². The molecule has 1 heterocycles. The molecule has 0 aliphatic carbocycles. The van der Waals surface area contributed by atoms with Gasteiger partial charge in [0.1, 0.15) is 5.82 Å². The summed E-state index contributed by atoms with van der Waals surface area (Å²) in [5.41, 5.74) is 3.41. The highest BCUT2D eigenvalue weighted by Crippen LogP contribution is 2.30. The molecule has 1 aliphatic heterocycles. The lowest BCUT2D eigenvalue weighted by Crippen LogP contribution is -2.45. The number of rotatable bonds is 4. The van der Waals surface area contributed by atoms with Gasteiger partial charge in [0, 0.05) is 32.2 Å². The zero-order valence-corrected chi connectivity index (χ0v) is 14.3. The molecule has 0 unspecified atom stereocenters. The van der Waals surface area contributed by atoms with Crippen molar-refractivity contribution >= 4 is 24.8 Å². The Labute approximate surface area is 139 Å². The molecular formula is C16H25Cl2FN2. The van der Waals surface area contributed by atoms with E-state index >= 15 is 0 Å². The second-order valence-corrected chi connectivity index (χ2v) is 5.46. The molecule has 1 fully saturated rings. The van der Waals surface area contributed by atoms with Crippen molar-refractivity contribution in [2.45, 2.75) is 26.3 Å². The van der Waals surface area contributed by atoms with E-state index in [1.807, 2.05) is 13.0 Å². The minimum Gasteiger partial charge on any atom is -0.314 e. The smallest absolute Gasteiger partial charge is 0.123 e. The SMILES string of the molecule is C=C(C)C[C@H](c1cc(F)ccc1C)N1CCNCC1.Cl.Cl. The third-order valence-corrected chi connectivity index (χ3v) is 3.73. The van der Waals surface area contributed by atoms with Gasteiger partial charge in [-0.15, -0.1) is 31.4 Å². The Hall–Kier alpha value is -0.610. The number of hydrogen-bond donors (Lipinski definition) is 1.